The Kier molecular flexibility index (Phi) is 10.00. The van der Waals surface area contributed by atoms with Crippen molar-refractivity contribution in [3.63, 3.8) is 0 Å². The fraction of sp³-hybridized carbons (Fsp3) is 0.429. The normalized spacial score (nSPS) is 19.0. The predicted molar refractivity (Wildman–Crippen MR) is 183 cm³/mol. The predicted octanol–water partition coefficient (Wildman–Crippen LogP) is 7.47. The van der Waals surface area contributed by atoms with Gasteiger partial charge in [0.05, 0.1) is 28.5 Å². The van der Waals surface area contributed by atoms with Gasteiger partial charge in [-0.3, -0.25) is 19.8 Å². The van der Waals surface area contributed by atoms with Crippen LogP contribution in [-0.4, -0.2) is 66.2 Å². The zero-order chi connectivity index (χ0) is 38.5. The van der Waals surface area contributed by atoms with Gasteiger partial charge in [0, 0.05) is 11.8 Å². The Morgan fingerprint density at radius 3 is 2.45 bits per heavy atom. The highest BCUT2D eigenvalue weighted by atomic mass is 35.5. The van der Waals surface area contributed by atoms with E-state index in [0.717, 1.165) is 46.9 Å². The molecule has 3 atom stereocenters. The molecule has 0 radical (unpaired) electrons. The number of alkyl carbamates (subject to hydrolysis) is 1. The molecule has 53 heavy (non-hydrogen) atoms. The highest BCUT2D eigenvalue weighted by Crippen LogP contribution is 2.43. The molecule has 18 heteroatoms. The zero-order valence-electron chi connectivity index (χ0n) is 29.1. The summed E-state index contributed by atoms with van der Waals surface area (Å²) in [6.07, 6.45) is -4.07. The van der Waals surface area contributed by atoms with E-state index in [2.05, 4.69) is 20.5 Å². The monoisotopic (exact) mass is 761 g/mol. The Morgan fingerprint density at radius 2 is 1.83 bits per heavy atom. The number of carbonyl (C=O) groups is 2. The van der Waals surface area contributed by atoms with E-state index >= 15 is 0 Å². The topological polar surface area (TPSA) is 143 Å². The van der Waals surface area contributed by atoms with Gasteiger partial charge in [-0.05, 0) is 60.9 Å². The van der Waals surface area contributed by atoms with Crippen molar-refractivity contribution >= 4 is 29.6 Å². The standard InChI is InChI=1S/C35H37ClF5N9O3/c1-19(35(39,40)41)45-32(52)53-16-27(21-7-12-24(36)26(15-21)50-29(28(37)38)43-18-44-50)49-30(51)34(46-31(49)42,17-33(2,3)4)22-8-5-20(6-9-22)25-13-14-48(47-25)23-10-11-23/h5-9,12-15,18-19,23,27-28H,10-11,16-17H2,1-4H3,(H2,42,46)(H,45,52)/t19-,27+,34+/m0/s1. The minimum Gasteiger partial charge on any atom is -0.447 e. The number of nitrogens with zero attached hydrogens (tertiary/aromatic N) is 6. The van der Waals surface area contributed by atoms with Gasteiger partial charge in [0.15, 0.2) is 11.8 Å². The van der Waals surface area contributed by atoms with Gasteiger partial charge in [0.25, 0.3) is 12.3 Å². The average Bonchev–Trinajstić information content (AvgIpc) is 3.49. The number of benzene rings is 2. The van der Waals surface area contributed by atoms with E-state index in [4.69, 9.17) is 21.7 Å². The van der Waals surface area contributed by atoms with Crippen LogP contribution in [0.1, 0.15) is 82.4 Å². The summed E-state index contributed by atoms with van der Waals surface area (Å²) < 4.78 is 75.3. The third kappa shape index (κ3) is 7.84. The highest BCUT2D eigenvalue weighted by Gasteiger charge is 2.54. The molecule has 0 spiro atoms. The van der Waals surface area contributed by atoms with Gasteiger partial charge in [-0.2, -0.15) is 23.4 Å². The number of nitrogens with one attached hydrogen (secondary N) is 3. The second-order valence-electron chi connectivity index (χ2n) is 14.3. The van der Waals surface area contributed by atoms with Crippen molar-refractivity contribution < 1.29 is 36.3 Å². The molecule has 282 valence electrons. The van der Waals surface area contributed by atoms with Crippen LogP contribution in [-0.2, 0) is 15.1 Å². The summed E-state index contributed by atoms with van der Waals surface area (Å²) in [5, 5.41) is 22.4. The number of alkyl halides is 5. The third-order valence-electron chi connectivity index (χ3n) is 9.02. The van der Waals surface area contributed by atoms with Crippen LogP contribution in [0.4, 0.5) is 26.7 Å². The van der Waals surface area contributed by atoms with Crippen LogP contribution in [0, 0.1) is 10.8 Å². The summed E-state index contributed by atoms with van der Waals surface area (Å²) in [4.78, 5) is 32.2. The third-order valence-corrected chi connectivity index (χ3v) is 9.34. The van der Waals surface area contributed by atoms with Crippen LogP contribution < -0.4 is 10.6 Å². The first kappa shape index (κ1) is 37.7. The van der Waals surface area contributed by atoms with Gasteiger partial charge in [-0.1, -0.05) is 62.7 Å². The maximum Gasteiger partial charge on any atom is 0.408 e. The van der Waals surface area contributed by atoms with Crippen molar-refractivity contribution in [1.29, 1.82) is 5.41 Å². The lowest BCUT2D eigenvalue weighted by atomic mass is 9.75. The number of rotatable bonds is 11. The molecule has 2 aromatic carbocycles. The van der Waals surface area contributed by atoms with Crippen LogP contribution >= 0.6 is 11.6 Å². The van der Waals surface area contributed by atoms with Crippen LogP contribution in [0.2, 0.25) is 5.02 Å². The second-order valence-corrected chi connectivity index (χ2v) is 14.8. The molecule has 0 unspecified atom stereocenters. The summed E-state index contributed by atoms with van der Waals surface area (Å²) in [5.74, 6) is -1.74. The largest absolute Gasteiger partial charge is 0.447 e. The van der Waals surface area contributed by atoms with E-state index in [1.165, 1.54) is 18.2 Å². The molecular formula is C35H37ClF5N9O3. The molecule has 2 fully saturated rings. The van der Waals surface area contributed by atoms with Crippen molar-refractivity contribution in [3.05, 3.63) is 83.0 Å². The maximum atomic E-state index is 14.9. The fourth-order valence-electron chi connectivity index (χ4n) is 6.35. The highest BCUT2D eigenvalue weighted by molar-refractivity contribution is 6.32. The lowest BCUT2D eigenvalue weighted by molar-refractivity contribution is -0.150. The summed E-state index contributed by atoms with van der Waals surface area (Å²) in [5.41, 5.74) is 0.154. The van der Waals surface area contributed by atoms with Crippen LogP contribution in [0.5, 0.6) is 0 Å². The number of amides is 2. The Labute approximate surface area is 306 Å². The van der Waals surface area contributed by atoms with Gasteiger partial charge in [0.2, 0.25) is 0 Å². The first-order valence-electron chi connectivity index (χ1n) is 16.7. The molecule has 3 heterocycles. The van der Waals surface area contributed by atoms with E-state index in [9.17, 15) is 31.5 Å². The van der Waals surface area contributed by atoms with Gasteiger partial charge in [-0.15, -0.1) is 0 Å². The Hall–Kier alpha value is -5.06. The SMILES string of the molecule is C[C@H](NC(=O)OC[C@H](c1ccc(Cl)c(-n2ncnc2C(F)F)c1)N1C(=N)N[C@](CC(C)(C)C)(c2ccc(-c3ccn(C4CC4)n3)cc2)C1=O)C(F)(F)F. The number of ether oxygens (including phenoxy) is 1. The second kappa shape index (κ2) is 14.1. The molecular weight excluding hydrogens is 725 g/mol. The van der Waals surface area contributed by atoms with Crippen molar-refractivity contribution in [2.75, 3.05) is 6.61 Å². The first-order chi connectivity index (χ1) is 24.9. The van der Waals surface area contributed by atoms with Crippen LogP contribution in [0.25, 0.3) is 16.9 Å². The van der Waals surface area contributed by atoms with E-state index in [1.54, 1.807) is 17.4 Å². The molecule has 1 saturated carbocycles. The van der Waals surface area contributed by atoms with Crippen LogP contribution in [0.15, 0.2) is 61.1 Å². The summed E-state index contributed by atoms with van der Waals surface area (Å²) in [6, 6.07) is 9.98. The maximum absolute atomic E-state index is 14.9. The number of carbonyl (C=O) groups excluding carboxylic acids is 2. The minimum absolute atomic E-state index is 0.0253. The Balaban J connectivity index is 1.39. The van der Waals surface area contributed by atoms with E-state index in [0.29, 0.717) is 11.6 Å². The molecule has 1 aliphatic carbocycles. The molecule has 2 aromatic heterocycles. The first-order valence-corrected chi connectivity index (χ1v) is 17.1. The molecule has 2 aliphatic rings. The molecule has 4 aromatic rings. The van der Waals surface area contributed by atoms with Gasteiger partial charge < -0.3 is 15.4 Å². The minimum atomic E-state index is -4.76. The molecule has 12 nitrogen and oxygen atoms in total. The molecule has 0 bridgehead atoms. The quantitative estimate of drug-likeness (QED) is 0.135. The average molecular weight is 762 g/mol. The molecule has 1 saturated heterocycles. The lowest BCUT2D eigenvalue weighted by Gasteiger charge is -2.35. The van der Waals surface area contributed by atoms with Gasteiger partial charge >= 0.3 is 12.3 Å². The molecule has 2 amide bonds. The number of hydrogen-bond acceptors (Lipinski definition) is 7. The van der Waals surface area contributed by atoms with Gasteiger partial charge in [0.1, 0.15) is 24.5 Å². The number of hydrogen-bond donors (Lipinski definition) is 3. The fourth-order valence-corrected chi connectivity index (χ4v) is 6.55. The number of aromatic nitrogens is 5. The Morgan fingerprint density at radius 1 is 1.13 bits per heavy atom. The van der Waals surface area contributed by atoms with Crippen molar-refractivity contribution in [1.82, 2.24) is 40.1 Å². The molecule has 1 aliphatic heterocycles. The summed E-state index contributed by atoms with van der Waals surface area (Å²) in [7, 11) is 0. The van der Waals surface area contributed by atoms with E-state index in [1.807, 2.05) is 49.8 Å². The van der Waals surface area contributed by atoms with Crippen molar-refractivity contribution in [2.45, 2.75) is 83.2 Å². The summed E-state index contributed by atoms with van der Waals surface area (Å²) in [6.45, 7) is 5.77. The smallest absolute Gasteiger partial charge is 0.408 e. The molecule has 3 N–H and O–H groups in total. The summed E-state index contributed by atoms with van der Waals surface area (Å²) >= 11 is 6.41. The van der Waals surface area contributed by atoms with E-state index < -0.39 is 66.0 Å². The van der Waals surface area contributed by atoms with Crippen molar-refractivity contribution in [3.8, 4) is 16.9 Å². The molecule has 6 rings (SSSR count). The lowest BCUT2D eigenvalue weighted by Crippen LogP contribution is -2.47. The van der Waals surface area contributed by atoms with E-state index in [-0.39, 0.29) is 22.7 Å². The van der Waals surface area contributed by atoms with Crippen LogP contribution in [0.3, 0.4) is 0 Å². The Bertz CT molecular complexity index is 2010. The van der Waals surface area contributed by atoms with Crippen molar-refractivity contribution in [2.24, 2.45) is 5.41 Å². The van der Waals surface area contributed by atoms with Gasteiger partial charge in [-0.25, -0.2) is 23.2 Å². The number of guanidine groups is 1. The zero-order valence-corrected chi connectivity index (χ0v) is 29.8. The number of halogens is 6.